The molecule has 1 atom stereocenters. The number of aromatic nitrogens is 1. The maximum absolute atomic E-state index is 11.9. The van der Waals surface area contributed by atoms with E-state index in [9.17, 15) is 4.79 Å². The molecule has 1 rings (SSSR count). The van der Waals surface area contributed by atoms with Crippen molar-refractivity contribution in [2.75, 3.05) is 13.7 Å². The number of nitrogens with two attached hydrogens (primary N) is 1. The lowest BCUT2D eigenvalue weighted by Gasteiger charge is -2.16. The van der Waals surface area contributed by atoms with Crippen molar-refractivity contribution in [3.05, 3.63) is 23.9 Å². The zero-order chi connectivity index (χ0) is 15.0. The summed E-state index contributed by atoms with van der Waals surface area (Å²) in [6, 6.07) is 3.67. The van der Waals surface area contributed by atoms with Crippen LogP contribution in [0.25, 0.3) is 0 Å². The van der Waals surface area contributed by atoms with Gasteiger partial charge in [-0.1, -0.05) is 19.9 Å². The van der Waals surface area contributed by atoms with Crippen LogP contribution in [0.3, 0.4) is 0 Å². The molecule has 3 N–H and O–H groups in total. The van der Waals surface area contributed by atoms with Gasteiger partial charge in [0.2, 0.25) is 11.8 Å². The van der Waals surface area contributed by atoms with Gasteiger partial charge >= 0.3 is 0 Å². The zero-order valence-electron chi connectivity index (χ0n) is 12.6. The highest BCUT2D eigenvalue weighted by atomic mass is 16.5. The van der Waals surface area contributed by atoms with Crippen LogP contribution in [-0.2, 0) is 11.3 Å². The highest BCUT2D eigenvalue weighted by Crippen LogP contribution is 2.14. The molecule has 1 heterocycles. The third-order valence-electron chi connectivity index (χ3n) is 3.11. The van der Waals surface area contributed by atoms with Crippen molar-refractivity contribution in [2.24, 2.45) is 17.6 Å². The summed E-state index contributed by atoms with van der Waals surface area (Å²) in [5.41, 5.74) is 6.66. The fourth-order valence-corrected chi connectivity index (χ4v) is 2.10. The number of methoxy groups -OCH3 is 1. The van der Waals surface area contributed by atoms with Crippen LogP contribution in [-0.4, -0.2) is 24.5 Å². The van der Waals surface area contributed by atoms with Crippen LogP contribution in [0, 0.1) is 11.8 Å². The Morgan fingerprint density at radius 2 is 2.20 bits per heavy atom. The minimum atomic E-state index is 0.0388. The molecule has 1 unspecified atom stereocenters. The Morgan fingerprint density at radius 1 is 1.45 bits per heavy atom. The van der Waals surface area contributed by atoms with Gasteiger partial charge in [-0.25, -0.2) is 4.98 Å². The number of pyridine rings is 1. The summed E-state index contributed by atoms with van der Waals surface area (Å²) in [7, 11) is 1.57. The Labute approximate surface area is 120 Å². The monoisotopic (exact) mass is 279 g/mol. The average molecular weight is 279 g/mol. The number of hydrogen-bond acceptors (Lipinski definition) is 4. The molecule has 1 aromatic rings. The van der Waals surface area contributed by atoms with Gasteiger partial charge in [0, 0.05) is 25.2 Å². The van der Waals surface area contributed by atoms with Crippen molar-refractivity contribution in [2.45, 2.75) is 33.2 Å². The van der Waals surface area contributed by atoms with Gasteiger partial charge in [-0.3, -0.25) is 4.79 Å². The molecule has 0 saturated heterocycles. The van der Waals surface area contributed by atoms with E-state index in [2.05, 4.69) is 24.1 Å². The van der Waals surface area contributed by atoms with Crippen LogP contribution in [0.15, 0.2) is 18.3 Å². The zero-order valence-corrected chi connectivity index (χ0v) is 12.6. The average Bonchev–Trinajstić information content (AvgIpc) is 2.44. The Morgan fingerprint density at radius 3 is 2.70 bits per heavy atom. The van der Waals surface area contributed by atoms with E-state index in [0.29, 0.717) is 31.3 Å². The SMILES string of the molecule is COc1ccc(CNC(=O)CC(CN)CC(C)C)cn1. The first-order valence-electron chi connectivity index (χ1n) is 7.00. The van der Waals surface area contributed by atoms with Gasteiger partial charge in [-0.2, -0.15) is 0 Å². The second kappa shape index (κ2) is 8.53. The molecule has 0 aliphatic rings. The van der Waals surface area contributed by atoms with Gasteiger partial charge < -0.3 is 15.8 Å². The number of nitrogens with zero attached hydrogens (tertiary/aromatic N) is 1. The molecule has 0 aliphatic heterocycles. The van der Waals surface area contributed by atoms with Crippen molar-refractivity contribution >= 4 is 5.91 Å². The summed E-state index contributed by atoms with van der Waals surface area (Å²) in [6.45, 7) is 5.32. The Bertz CT molecular complexity index is 404. The van der Waals surface area contributed by atoms with E-state index in [4.69, 9.17) is 10.5 Å². The summed E-state index contributed by atoms with van der Waals surface area (Å²) in [6.07, 6.45) is 3.17. The summed E-state index contributed by atoms with van der Waals surface area (Å²) in [4.78, 5) is 16.0. The number of carbonyl (C=O) groups excluding carboxylic acids is 1. The molecule has 112 valence electrons. The van der Waals surface area contributed by atoms with Crippen LogP contribution in [0.5, 0.6) is 5.88 Å². The third-order valence-corrected chi connectivity index (χ3v) is 3.11. The normalized spacial score (nSPS) is 12.2. The highest BCUT2D eigenvalue weighted by Gasteiger charge is 2.13. The molecule has 0 saturated carbocycles. The van der Waals surface area contributed by atoms with Crippen LogP contribution < -0.4 is 15.8 Å². The number of nitrogens with one attached hydrogen (secondary N) is 1. The lowest BCUT2D eigenvalue weighted by atomic mass is 9.94. The van der Waals surface area contributed by atoms with Crippen LogP contribution >= 0.6 is 0 Å². The van der Waals surface area contributed by atoms with E-state index >= 15 is 0 Å². The summed E-state index contributed by atoms with van der Waals surface area (Å²) < 4.78 is 4.99. The van der Waals surface area contributed by atoms with Gasteiger partial charge in [0.05, 0.1) is 7.11 Å². The first-order chi connectivity index (χ1) is 9.55. The molecule has 0 aliphatic carbocycles. The second-order valence-electron chi connectivity index (χ2n) is 5.42. The first kappa shape index (κ1) is 16.4. The minimum absolute atomic E-state index is 0.0388. The van der Waals surface area contributed by atoms with Gasteiger partial charge in [-0.15, -0.1) is 0 Å². The Balaban J connectivity index is 2.37. The number of hydrogen-bond donors (Lipinski definition) is 2. The summed E-state index contributed by atoms with van der Waals surface area (Å²) in [5, 5.41) is 2.90. The number of carbonyl (C=O) groups is 1. The van der Waals surface area contributed by atoms with Gasteiger partial charge in [0.1, 0.15) is 0 Å². The molecule has 0 fully saturated rings. The predicted molar refractivity (Wildman–Crippen MR) is 79.3 cm³/mol. The molecule has 1 aromatic heterocycles. The highest BCUT2D eigenvalue weighted by molar-refractivity contribution is 5.76. The van der Waals surface area contributed by atoms with Gasteiger partial charge in [-0.05, 0) is 30.4 Å². The van der Waals surface area contributed by atoms with Crippen molar-refractivity contribution in [3.8, 4) is 5.88 Å². The number of rotatable bonds is 8. The Hall–Kier alpha value is -1.62. The van der Waals surface area contributed by atoms with Crippen LogP contribution in [0.4, 0.5) is 0 Å². The van der Waals surface area contributed by atoms with Crippen molar-refractivity contribution in [3.63, 3.8) is 0 Å². The molecular formula is C15H25N3O2. The lowest BCUT2D eigenvalue weighted by molar-refractivity contribution is -0.122. The van der Waals surface area contributed by atoms with Crippen LogP contribution in [0.1, 0.15) is 32.3 Å². The molecule has 0 aromatic carbocycles. The second-order valence-corrected chi connectivity index (χ2v) is 5.42. The van der Waals surface area contributed by atoms with E-state index in [1.165, 1.54) is 0 Å². The minimum Gasteiger partial charge on any atom is -0.481 e. The fourth-order valence-electron chi connectivity index (χ4n) is 2.10. The van der Waals surface area contributed by atoms with E-state index in [-0.39, 0.29) is 11.8 Å². The van der Waals surface area contributed by atoms with Crippen molar-refractivity contribution in [1.29, 1.82) is 0 Å². The smallest absolute Gasteiger partial charge is 0.220 e. The number of amides is 1. The van der Waals surface area contributed by atoms with Gasteiger partial charge in [0.25, 0.3) is 0 Å². The third kappa shape index (κ3) is 6.02. The quantitative estimate of drug-likeness (QED) is 0.759. The van der Waals surface area contributed by atoms with E-state index < -0.39 is 0 Å². The van der Waals surface area contributed by atoms with Crippen molar-refractivity contribution < 1.29 is 9.53 Å². The van der Waals surface area contributed by atoms with E-state index in [1.807, 2.05) is 6.07 Å². The van der Waals surface area contributed by atoms with Gasteiger partial charge in [0.15, 0.2) is 0 Å². The number of ether oxygens (including phenoxy) is 1. The molecule has 0 spiro atoms. The summed E-state index contributed by atoms with van der Waals surface area (Å²) in [5.74, 6) is 1.42. The molecule has 5 nitrogen and oxygen atoms in total. The fraction of sp³-hybridized carbons (Fsp3) is 0.600. The van der Waals surface area contributed by atoms with Crippen LogP contribution in [0.2, 0.25) is 0 Å². The summed E-state index contributed by atoms with van der Waals surface area (Å²) >= 11 is 0. The molecule has 20 heavy (non-hydrogen) atoms. The standard InChI is InChI=1S/C15H25N3O2/c1-11(2)6-13(8-16)7-14(19)17-9-12-4-5-15(20-3)18-10-12/h4-5,10-11,13H,6-9,16H2,1-3H3,(H,17,19). The molecule has 1 amide bonds. The maximum atomic E-state index is 11.9. The molecule has 5 heteroatoms. The molecule has 0 bridgehead atoms. The first-order valence-corrected chi connectivity index (χ1v) is 7.00. The van der Waals surface area contributed by atoms with E-state index in [1.54, 1.807) is 19.4 Å². The van der Waals surface area contributed by atoms with Crippen molar-refractivity contribution in [1.82, 2.24) is 10.3 Å². The lowest BCUT2D eigenvalue weighted by Crippen LogP contribution is -2.28. The molecule has 0 radical (unpaired) electrons. The predicted octanol–water partition coefficient (Wildman–Crippen LogP) is 1.72. The Kier molecular flexibility index (Phi) is 7.01. The molecular weight excluding hydrogens is 254 g/mol. The topological polar surface area (TPSA) is 77.2 Å². The van der Waals surface area contributed by atoms with E-state index in [0.717, 1.165) is 12.0 Å². The maximum Gasteiger partial charge on any atom is 0.220 e. The largest absolute Gasteiger partial charge is 0.481 e.